The first-order valence-corrected chi connectivity index (χ1v) is 10.8. The summed E-state index contributed by atoms with van der Waals surface area (Å²) in [4.78, 5) is 20.7. The molecule has 6 heteroatoms. The standard InChI is InChI=1S/C27H25N5O/c1-19-18-30-26(31-19)23-11-13-24(14-12-23)32-27(33)25(22-5-3-2-4-6-22)29-16-15-20-7-9-21(17-28)10-8-20/h2-14,18,25,29H,15-16H2,1H3,(H,30,31)(H,32,33). The summed E-state index contributed by atoms with van der Waals surface area (Å²) in [5.74, 6) is 0.680. The molecule has 0 aliphatic carbocycles. The minimum Gasteiger partial charge on any atom is -0.342 e. The maximum absolute atomic E-state index is 13.2. The summed E-state index contributed by atoms with van der Waals surface area (Å²) in [6.07, 6.45) is 2.54. The van der Waals surface area contributed by atoms with Gasteiger partial charge in [-0.2, -0.15) is 5.26 Å². The second kappa shape index (κ2) is 10.4. The van der Waals surface area contributed by atoms with Gasteiger partial charge in [0.05, 0.1) is 11.6 Å². The van der Waals surface area contributed by atoms with E-state index in [4.69, 9.17) is 5.26 Å². The van der Waals surface area contributed by atoms with E-state index in [9.17, 15) is 4.79 Å². The van der Waals surface area contributed by atoms with E-state index in [-0.39, 0.29) is 5.91 Å². The van der Waals surface area contributed by atoms with Crippen molar-refractivity contribution in [3.8, 4) is 17.5 Å². The zero-order chi connectivity index (χ0) is 23.0. The van der Waals surface area contributed by atoms with Crippen molar-refractivity contribution in [2.24, 2.45) is 0 Å². The van der Waals surface area contributed by atoms with E-state index < -0.39 is 6.04 Å². The zero-order valence-electron chi connectivity index (χ0n) is 18.4. The highest BCUT2D eigenvalue weighted by molar-refractivity contribution is 5.95. The predicted molar refractivity (Wildman–Crippen MR) is 129 cm³/mol. The molecule has 3 N–H and O–H groups in total. The maximum atomic E-state index is 13.2. The first-order chi connectivity index (χ1) is 16.1. The number of amides is 1. The molecule has 4 aromatic rings. The lowest BCUT2D eigenvalue weighted by Gasteiger charge is -2.19. The minimum absolute atomic E-state index is 0.123. The zero-order valence-corrected chi connectivity index (χ0v) is 18.4. The molecule has 164 valence electrons. The Hall–Kier alpha value is -4.21. The van der Waals surface area contributed by atoms with Gasteiger partial charge in [0.25, 0.3) is 0 Å². The topological polar surface area (TPSA) is 93.6 Å². The van der Waals surface area contributed by atoms with Crippen LogP contribution in [0.4, 0.5) is 5.69 Å². The molecule has 0 radical (unpaired) electrons. The van der Waals surface area contributed by atoms with Crippen LogP contribution in [0, 0.1) is 18.3 Å². The number of hydrogen-bond donors (Lipinski definition) is 3. The van der Waals surface area contributed by atoms with Crippen LogP contribution in [-0.2, 0) is 11.2 Å². The maximum Gasteiger partial charge on any atom is 0.246 e. The Morgan fingerprint density at radius 1 is 1.03 bits per heavy atom. The number of aromatic amines is 1. The molecule has 6 nitrogen and oxygen atoms in total. The molecule has 0 fully saturated rings. The van der Waals surface area contributed by atoms with Gasteiger partial charge >= 0.3 is 0 Å². The van der Waals surface area contributed by atoms with Gasteiger partial charge in [-0.15, -0.1) is 0 Å². The van der Waals surface area contributed by atoms with Crippen molar-refractivity contribution in [1.82, 2.24) is 15.3 Å². The van der Waals surface area contributed by atoms with Crippen molar-refractivity contribution in [2.45, 2.75) is 19.4 Å². The molecule has 4 rings (SSSR count). The number of H-pyrrole nitrogens is 1. The Kier molecular flexibility index (Phi) is 6.93. The van der Waals surface area contributed by atoms with Gasteiger partial charge in [0.2, 0.25) is 5.91 Å². The van der Waals surface area contributed by atoms with Crippen molar-refractivity contribution in [2.75, 3.05) is 11.9 Å². The number of carbonyl (C=O) groups excluding carboxylic acids is 1. The average molecular weight is 436 g/mol. The Balaban J connectivity index is 1.42. The van der Waals surface area contributed by atoms with Gasteiger partial charge in [-0.1, -0.05) is 42.5 Å². The van der Waals surface area contributed by atoms with Crippen molar-refractivity contribution in [3.63, 3.8) is 0 Å². The lowest BCUT2D eigenvalue weighted by atomic mass is 10.0. The lowest BCUT2D eigenvalue weighted by Crippen LogP contribution is -2.34. The van der Waals surface area contributed by atoms with Gasteiger partial charge in [-0.3, -0.25) is 4.79 Å². The summed E-state index contributed by atoms with van der Waals surface area (Å²) in [6, 6.07) is 26.5. The van der Waals surface area contributed by atoms with Gasteiger partial charge in [0, 0.05) is 29.7 Å². The summed E-state index contributed by atoms with van der Waals surface area (Å²) in [5.41, 5.74) is 5.33. The van der Waals surface area contributed by atoms with Gasteiger partial charge in [-0.05, 0) is 60.9 Å². The highest BCUT2D eigenvalue weighted by atomic mass is 16.2. The highest BCUT2D eigenvalue weighted by Crippen LogP contribution is 2.21. The van der Waals surface area contributed by atoms with Gasteiger partial charge in [-0.25, -0.2) is 4.98 Å². The monoisotopic (exact) mass is 435 g/mol. The predicted octanol–water partition coefficient (Wildman–Crippen LogP) is 4.77. The molecule has 0 bridgehead atoms. The third-order valence-electron chi connectivity index (χ3n) is 5.37. The SMILES string of the molecule is Cc1cnc(-c2ccc(NC(=O)C(NCCc3ccc(C#N)cc3)c3ccccc3)cc2)[nH]1. The first-order valence-electron chi connectivity index (χ1n) is 10.8. The molecule has 0 saturated carbocycles. The normalized spacial score (nSPS) is 11.5. The Morgan fingerprint density at radius 3 is 2.39 bits per heavy atom. The van der Waals surface area contributed by atoms with Crippen LogP contribution < -0.4 is 10.6 Å². The van der Waals surface area contributed by atoms with Crippen LogP contribution in [0.5, 0.6) is 0 Å². The largest absolute Gasteiger partial charge is 0.342 e. The molecule has 1 aromatic heterocycles. The number of imidazole rings is 1. The summed E-state index contributed by atoms with van der Waals surface area (Å²) in [5, 5.41) is 15.3. The molecule has 0 spiro atoms. The van der Waals surface area contributed by atoms with E-state index in [0.717, 1.165) is 40.3 Å². The molecule has 1 amide bonds. The molecule has 1 heterocycles. The fraction of sp³-hybridized carbons (Fsp3) is 0.148. The number of nitrogens with zero attached hydrogens (tertiary/aromatic N) is 2. The van der Waals surface area contributed by atoms with Crippen molar-refractivity contribution in [1.29, 1.82) is 5.26 Å². The lowest BCUT2D eigenvalue weighted by molar-refractivity contribution is -0.118. The molecule has 0 aliphatic heterocycles. The van der Waals surface area contributed by atoms with E-state index in [0.29, 0.717) is 12.1 Å². The van der Waals surface area contributed by atoms with Crippen LogP contribution in [-0.4, -0.2) is 22.4 Å². The number of hydrogen-bond acceptors (Lipinski definition) is 4. The van der Waals surface area contributed by atoms with Crippen LogP contribution >= 0.6 is 0 Å². The third-order valence-corrected chi connectivity index (χ3v) is 5.37. The van der Waals surface area contributed by atoms with Crippen molar-refractivity contribution in [3.05, 3.63) is 107 Å². The van der Waals surface area contributed by atoms with Gasteiger partial charge < -0.3 is 15.6 Å². The summed E-state index contributed by atoms with van der Waals surface area (Å²) < 4.78 is 0. The molecule has 1 unspecified atom stereocenters. The molecule has 3 aromatic carbocycles. The molecule has 0 aliphatic rings. The van der Waals surface area contributed by atoms with Gasteiger partial charge in [0.1, 0.15) is 11.9 Å². The van der Waals surface area contributed by atoms with Crippen LogP contribution in [0.25, 0.3) is 11.4 Å². The fourth-order valence-electron chi connectivity index (χ4n) is 3.60. The molecule has 33 heavy (non-hydrogen) atoms. The van der Waals surface area contributed by atoms with E-state index in [2.05, 4.69) is 26.7 Å². The van der Waals surface area contributed by atoms with Crippen LogP contribution in [0.2, 0.25) is 0 Å². The summed E-state index contributed by atoms with van der Waals surface area (Å²) in [7, 11) is 0. The van der Waals surface area contributed by atoms with E-state index in [1.165, 1.54) is 0 Å². The average Bonchev–Trinajstić information content (AvgIpc) is 3.29. The quantitative estimate of drug-likeness (QED) is 0.372. The minimum atomic E-state index is -0.489. The summed E-state index contributed by atoms with van der Waals surface area (Å²) >= 11 is 0. The second-order valence-electron chi connectivity index (χ2n) is 7.84. The van der Waals surface area contributed by atoms with Gasteiger partial charge in [0.15, 0.2) is 0 Å². The highest BCUT2D eigenvalue weighted by Gasteiger charge is 2.20. The Bertz CT molecular complexity index is 1240. The number of aryl methyl sites for hydroxylation is 1. The number of aromatic nitrogens is 2. The summed E-state index contributed by atoms with van der Waals surface area (Å²) in [6.45, 7) is 2.58. The van der Waals surface area contributed by atoms with E-state index in [1.54, 1.807) is 6.20 Å². The van der Waals surface area contributed by atoms with Crippen LogP contribution in [0.1, 0.15) is 28.4 Å². The molecule has 0 saturated heterocycles. The molecular formula is C27H25N5O. The molecule has 1 atom stereocenters. The molecular weight excluding hydrogens is 410 g/mol. The Morgan fingerprint density at radius 2 is 1.76 bits per heavy atom. The fourth-order valence-corrected chi connectivity index (χ4v) is 3.60. The number of rotatable bonds is 8. The number of nitrogens with one attached hydrogen (secondary N) is 3. The van der Waals surface area contributed by atoms with Crippen LogP contribution in [0.15, 0.2) is 85.1 Å². The van der Waals surface area contributed by atoms with Crippen molar-refractivity contribution < 1.29 is 4.79 Å². The Labute approximate surface area is 193 Å². The smallest absolute Gasteiger partial charge is 0.246 e. The first kappa shape index (κ1) is 22.0. The number of anilines is 1. The van der Waals surface area contributed by atoms with E-state index >= 15 is 0 Å². The van der Waals surface area contributed by atoms with Crippen molar-refractivity contribution >= 4 is 11.6 Å². The van der Waals surface area contributed by atoms with E-state index in [1.807, 2.05) is 85.8 Å². The number of benzene rings is 3. The number of nitriles is 1. The third kappa shape index (κ3) is 5.73. The second-order valence-corrected chi connectivity index (χ2v) is 7.84. The number of carbonyl (C=O) groups is 1. The van der Waals surface area contributed by atoms with Crippen LogP contribution in [0.3, 0.4) is 0 Å².